The molecule has 5 nitrogen and oxygen atoms in total. The molecular weight excluding hydrogens is 374 g/mol. The predicted molar refractivity (Wildman–Crippen MR) is 118 cm³/mol. The van der Waals surface area contributed by atoms with Crippen LogP contribution in [0.15, 0.2) is 61.4 Å². The van der Waals surface area contributed by atoms with Crippen LogP contribution in [0.4, 0.5) is 0 Å². The quantitative estimate of drug-likeness (QED) is 0.691. The van der Waals surface area contributed by atoms with Gasteiger partial charge in [0.1, 0.15) is 6.04 Å². The fraction of sp³-hybridized carbons (Fsp3) is 0.400. The summed E-state index contributed by atoms with van der Waals surface area (Å²) in [5.74, 6) is 0.254. The fourth-order valence-electron chi connectivity index (χ4n) is 4.76. The van der Waals surface area contributed by atoms with Crippen molar-refractivity contribution in [3.05, 3.63) is 67.0 Å². The third-order valence-electron chi connectivity index (χ3n) is 6.34. The molecule has 0 bridgehead atoms. The molecule has 2 heterocycles. The molecule has 2 amide bonds. The van der Waals surface area contributed by atoms with E-state index >= 15 is 0 Å². The van der Waals surface area contributed by atoms with E-state index in [-0.39, 0.29) is 17.7 Å². The molecule has 0 unspecified atom stereocenters. The van der Waals surface area contributed by atoms with Crippen LogP contribution < -0.4 is 0 Å². The summed E-state index contributed by atoms with van der Waals surface area (Å²) < 4.78 is 0. The number of hydrogen-bond donors (Lipinski definition) is 0. The van der Waals surface area contributed by atoms with Crippen LogP contribution in [-0.4, -0.2) is 52.3 Å². The zero-order valence-corrected chi connectivity index (χ0v) is 17.4. The minimum absolute atomic E-state index is 0.0250. The van der Waals surface area contributed by atoms with Gasteiger partial charge in [0.05, 0.1) is 0 Å². The molecule has 0 radical (unpaired) electrons. The van der Waals surface area contributed by atoms with Crippen molar-refractivity contribution in [3.8, 4) is 11.1 Å². The Morgan fingerprint density at radius 3 is 2.57 bits per heavy atom. The van der Waals surface area contributed by atoms with Gasteiger partial charge >= 0.3 is 0 Å². The van der Waals surface area contributed by atoms with Crippen molar-refractivity contribution in [3.63, 3.8) is 0 Å². The number of benzene rings is 1. The van der Waals surface area contributed by atoms with Crippen molar-refractivity contribution < 1.29 is 9.59 Å². The first kappa shape index (κ1) is 20.3. The van der Waals surface area contributed by atoms with Gasteiger partial charge in [-0.05, 0) is 41.7 Å². The van der Waals surface area contributed by atoms with Crippen LogP contribution in [0.2, 0.25) is 0 Å². The molecule has 0 N–H and O–H groups in total. The summed E-state index contributed by atoms with van der Waals surface area (Å²) in [5.41, 5.74) is 3.23. The summed E-state index contributed by atoms with van der Waals surface area (Å²) in [4.78, 5) is 34.5. The average Bonchev–Trinajstić information content (AvgIpc) is 3.32. The Morgan fingerprint density at radius 1 is 1.10 bits per heavy atom. The Balaban J connectivity index is 1.65. The number of pyridine rings is 1. The maximum Gasteiger partial charge on any atom is 0.246 e. The minimum atomic E-state index is -0.463. The normalized spacial score (nSPS) is 19.9. The number of rotatable bonds is 6. The van der Waals surface area contributed by atoms with E-state index < -0.39 is 6.04 Å². The summed E-state index contributed by atoms with van der Waals surface area (Å²) in [5, 5.41) is 0. The van der Waals surface area contributed by atoms with Crippen molar-refractivity contribution in [1.29, 1.82) is 0 Å². The SMILES string of the molecule is C=CCN1CCN(C(=O)C2CCCC2)[C@@H](Cc2ccccc2-c2ccncc2)C1=O. The van der Waals surface area contributed by atoms with Gasteiger partial charge in [-0.15, -0.1) is 6.58 Å². The molecule has 1 aromatic carbocycles. The molecule has 156 valence electrons. The highest BCUT2D eigenvalue weighted by Gasteiger charge is 2.40. The van der Waals surface area contributed by atoms with Gasteiger partial charge in [0.15, 0.2) is 0 Å². The van der Waals surface area contributed by atoms with Gasteiger partial charge in [0, 0.05) is 44.4 Å². The first-order valence-corrected chi connectivity index (χ1v) is 10.9. The molecule has 2 fully saturated rings. The summed E-state index contributed by atoms with van der Waals surface area (Å²) in [6, 6.07) is 11.6. The third kappa shape index (κ3) is 4.16. The lowest BCUT2D eigenvalue weighted by molar-refractivity contribution is -0.153. The third-order valence-corrected chi connectivity index (χ3v) is 6.34. The monoisotopic (exact) mass is 403 g/mol. The molecule has 2 aromatic rings. The van der Waals surface area contributed by atoms with E-state index in [0.717, 1.165) is 42.4 Å². The molecule has 5 heteroatoms. The highest BCUT2D eigenvalue weighted by molar-refractivity contribution is 5.90. The van der Waals surface area contributed by atoms with Crippen molar-refractivity contribution >= 4 is 11.8 Å². The van der Waals surface area contributed by atoms with Gasteiger partial charge < -0.3 is 9.80 Å². The lowest BCUT2D eigenvalue weighted by atomic mass is 9.93. The van der Waals surface area contributed by atoms with Crippen molar-refractivity contribution in [2.24, 2.45) is 5.92 Å². The van der Waals surface area contributed by atoms with Crippen molar-refractivity contribution in [1.82, 2.24) is 14.8 Å². The summed E-state index contributed by atoms with van der Waals surface area (Å²) in [7, 11) is 0. The molecule has 30 heavy (non-hydrogen) atoms. The van der Waals surface area contributed by atoms with Crippen molar-refractivity contribution in [2.75, 3.05) is 19.6 Å². The van der Waals surface area contributed by atoms with Crippen LogP contribution in [0.3, 0.4) is 0 Å². The van der Waals surface area contributed by atoms with Gasteiger partial charge in [-0.1, -0.05) is 43.2 Å². The summed E-state index contributed by atoms with van der Waals surface area (Å²) >= 11 is 0. The molecule has 1 aliphatic carbocycles. The van der Waals surface area contributed by atoms with E-state index in [2.05, 4.69) is 23.7 Å². The molecular formula is C25H29N3O2. The molecule has 1 aromatic heterocycles. The Kier molecular flexibility index (Phi) is 6.26. The van der Waals surface area contributed by atoms with E-state index in [1.54, 1.807) is 18.5 Å². The van der Waals surface area contributed by atoms with Gasteiger partial charge in [0.2, 0.25) is 11.8 Å². The molecule has 0 spiro atoms. The van der Waals surface area contributed by atoms with Crippen LogP contribution >= 0.6 is 0 Å². The largest absolute Gasteiger partial charge is 0.335 e. The van der Waals surface area contributed by atoms with Gasteiger partial charge in [-0.25, -0.2) is 0 Å². The Labute approximate surface area is 178 Å². The number of nitrogens with zero attached hydrogens (tertiary/aromatic N) is 3. The van der Waals surface area contributed by atoms with Gasteiger partial charge in [0.25, 0.3) is 0 Å². The number of carbonyl (C=O) groups excluding carboxylic acids is 2. The second kappa shape index (κ2) is 9.24. The molecule has 1 saturated heterocycles. The highest BCUT2D eigenvalue weighted by Crippen LogP contribution is 2.30. The first-order valence-electron chi connectivity index (χ1n) is 10.9. The van der Waals surface area contributed by atoms with Gasteiger partial charge in [-0.3, -0.25) is 14.6 Å². The second-order valence-corrected chi connectivity index (χ2v) is 8.20. The summed E-state index contributed by atoms with van der Waals surface area (Å²) in [6.45, 7) is 5.48. The Bertz CT molecular complexity index is 906. The molecule has 1 atom stereocenters. The molecule has 1 saturated carbocycles. The average molecular weight is 404 g/mol. The fourth-order valence-corrected chi connectivity index (χ4v) is 4.76. The van der Waals surface area contributed by atoms with E-state index in [1.807, 2.05) is 34.1 Å². The van der Waals surface area contributed by atoms with Crippen LogP contribution in [0, 0.1) is 5.92 Å². The maximum absolute atomic E-state index is 13.4. The first-order chi connectivity index (χ1) is 14.7. The lowest BCUT2D eigenvalue weighted by Gasteiger charge is -2.41. The molecule has 1 aliphatic heterocycles. The Hall–Kier alpha value is -2.95. The lowest BCUT2D eigenvalue weighted by Crippen LogP contribution is -2.60. The Morgan fingerprint density at radius 2 is 1.83 bits per heavy atom. The summed E-state index contributed by atoms with van der Waals surface area (Å²) in [6.07, 6.45) is 9.93. The number of piperazine rings is 1. The van der Waals surface area contributed by atoms with Crippen LogP contribution in [-0.2, 0) is 16.0 Å². The zero-order chi connectivity index (χ0) is 20.9. The number of carbonyl (C=O) groups is 2. The van der Waals surface area contributed by atoms with E-state index in [4.69, 9.17) is 0 Å². The molecule has 2 aliphatic rings. The predicted octanol–water partition coefficient (Wildman–Crippen LogP) is 3.71. The van der Waals surface area contributed by atoms with Crippen LogP contribution in [0.5, 0.6) is 0 Å². The van der Waals surface area contributed by atoms with E-state index in [1.165, 1.54) is 0 Å². The number of amides is 2. The smallest absolute Gasteiger partial charge is 0.246 e. The van der Waals surface area contributed by atoms with Crippen LogP contribution in [0.25, 0.3) is 11.1 Å². The van der Waals surface area contributed by atoms with E-state index in [9.17, 15) is 9.59 Å². The van der Waals surface area contributed by atoms with Gasteiger partial charge in [-0.2, -0.15) is 0 Å². The standard InChI is InChI=1S/C25H29N3O2/c1-2-15-27-16-17-28(24(29)20-7-3-4-8-20)23(25(27)30)18-21-9-5-6-10-22(21)19-11-13-26-14-12-19/h2,5-6,9-14,20,23H,1,3-4,7-8,15-18H2/t23-/m0/s1. The second-order valence-electron chi connectivity index (χ2n) is 8.20. The number of aromatic nitrogens is 1. The molecule has 4 rings (SSSR count). The highest BCUT2D eigenvalue weighted by atomic mass is 16.2. The van der Waals surface area contributed by atoms with E-state index in [0.29, 0.717) is 26.1 Å². The topological polar surface area (TPSA) is 53.5 Å². The maximum atomic E-state index is 13.4. The zero-order valence-electron chi connectivity index (χ0n) is 17.4. The minimum Gasteiger partial charge on any atom is -0.335 e. The van der Waals surface area contributed by atoms with Crippen molar-refractivity contribution in [2.45, 2.75) is 38.1 Å². The number of hydrogen-bond acceptors (Lipinski definition) is 3. The van der Waals surface area contributed by atoms with Crippen LogP contribution in [0.1, 0.15) is 31.2 Å².